The molecule has 1 spiro atoms. The van der Waals surface area contributed by atoms with Crippen molar-refractivity contribution in [3.8, 4) is 5.75 Å². The second kappa shape index (κ2) is 12.9. The number of benzene rings is 2. The van der Waals surface area contributed by atoms with E-state index < -0.39 is 21.2 Å². The van der Waals surface area contributed by atoms with Crippen LogP contribution in [-0.4, -0.2) is 65.7 Å². The molecule has 0 saturated carbocycles. The number of carbonyl (C=O) groups excluding carboxylic acids is 1. The minimum Gasteiger partial charge on any atom is -0.490 e. The molecule has 2 aromatic rings. The number of ether oxygens (including phenoxy) is 3. The zero-order chi connectivity index (χ0) is 31.9. The summed E-state index contributed by atoms with van der Waals surface area (Å²) in [6, 6.07) is 11.5. The van der Waals surface area contributed by atoms with Gasteiger partial charge in [0.1, 0.15) is 5.75 Å². The Kier molecular flexibility index (Phi) is 9.27. The number of halogens is 1. The van der Waals surface area contributed by atoms with Crippen molar-refractivity contribution in [3.05, 3.63) is 69.8 Å². The number of methoxy groups -OCH3 is 1. The topological polar surface area (TPSA) is 94.2 Å². The lowest BCUT2D eigenvalue weighted by Gasteiger charge is -2.42. The zero-order valence-corrected chi connectivity index (χ0v) is 28.3. The standard InChI is InChI=1S/C35H45ClN2O6S/c1-22-7-8-23(2)29(19-42-4)33-27(13-15-43-33)18-38-20-35(14-5-6-25-16-28(36)10-11-30(25)35)21-44-32-12-9-26(17-31(32)38)34(39)37-45(40,41)24(22)3/h8-12,16-17,22,24,27,29,33H,5-7,13-15,18-21H2,1-4H3,(H,37,39)/b23-8+/t22-,24+,27-,29-,33+,35-/m0/s1. The minimum absolute atomic E-state index is 0.0368. The van der Waals surface area contributed by atoms with Crippen LogP contribution in [0.3, 0.4) is 0 Å². The Balaban J connectivity index is 1.46. The molecule has 2 aromatic carbocycles. The summed E-state index contributed by atoms with van der Waals surface area (Å²) in [6.45, 7) is 8.75. The molecule has 1 aliphatic carbocycles. The lowest BCUT2D eigenvalue weighted by molar-refractivity contribution is 0.0217. The maximum Gasteiger partial charge on any atom is 0.264 e. The van der Waals surface area contributed by atoms with Crippen molar-refractivity contribution in [2.24, 2.45) is 17.8 Å². The quantitative estimate of drug-likeness (QED) is 0.402. The molecular weight excluding hydrogens is 612 g/mol. The Morgan fingerprint density at radius 3 is 2.80 bits per heavy atom. The Morgan fingerprint density at radius 1 is 1.18 bits per heavy atom. The predicted octanol–water partition coefficient (Wildman–Crippen LogP) is 5.92. The minimum atomic E-state index is -3.93. The summed E-state index contributed by atoms with van der Waals surface area (Å²) in [5, 5.41) is -0.0309. The lowest BCUT2D eigenvalue weighted by atomic mass is 9.70. The zero-order valence-electron chi connectivity index (χ0n) is 26.7. The number of carbonyl (C=O) groups is 1. The highest BCUT2D eigenvalue weighted by molar-refractivity contribution is 7.90. The summed E-state index contributed by atoms with van der Waals surface area (Å²) in [6.07, 6.45) is 6.52. The van der Waals surface area contributed by atoms with Crippen molar-refractivity contribution in [2.75, 3.05) is 44.9 Å². The van der Waals surface area contributed by atoms with Gasteiger partial charge in [-0.1, -0.05) is 36.2 Å². The molecule has 3 aliphatic heterocycles. The summed E-state index contributed by atoms with van der Waals surface area (Å²) in [5.41, 5.74) is 4.48. The molecule has 1 saturated heterocycles. The highest BCUT2D eigenvalue weighted by Crippen LogP contribution is 2.45. The fraction of sp³-hybridized carbons (Fsp3) is 0.571. The van der Waals surface area contributed by atoms with Gasteiger partial charge < -0.3 is 19.1 Å². The summed E-state index contributed by atoms with van der Waals surface area (Å²) in [7, 11) is -2.21. The number of hydrogen-bond donors (Lipinski definition) is 1. The molecule has 1 fully saturated rings. The first-order valence-corrected chi connectivity index (χ1v) is 18.1. The lowest BCUT2D eigenvalue weighted by Crippen LogP contribution is -2.48. The molecule has 6 rings (SSSR count). The number of nitrogens with one attached hydrogen (secondary N) is 1. The van der Waals surface area contributed by atoms with Gasteiger partial charge in [-0.25, -0.2) is 13.1 Å². The molecule has 0 unspecified atom stereocenters. The molecule has 1 N–H and O–H groups in total. The molecule has 45 heavy (non-hydrogen) atoms. The Bertz CT molecular complexity index is 1580. The monoisotopic (exact) mass is 656 g/mol. The highest BCUT2D eigenvalue weighted by Gasteiger charge is 2.44. The number of anilines is 1. The number of hydrogen-bond acceptors (Lipinski definition) is 7. The maximum atomic E-state index is 13.5. The summed E-state index contributed by atoms with van der Waals surface area (Å²) in [5.74, 6) is 0.105. The van der Waals surface area contributed by atoms with E-state index in [9.17, 15) is 13.2 Å². The van der Waals surface area contributed by atoms with Crippen LogP contribution in [0.15, 0.2) is 48.0 Å². The van der Waals surface area contributed by atoms with Crippen LogP contribution in [0, 0.1) is 17.8 Å². The average molecular weight is 657 g/mol. The van der Waals surface area contributed by atoms with Crippen LogP contribution in [0.25, 0.3) is 0 Å². The van der Waals surface area contributed by atoms with Crippen LogP contribution in [0.4, 0.5) is 5.69 Å². The fourth-order valence-corrected chi connectivity index (χ4v) is 9.28. The van der Waals surface area contributed by atoms with Crippen molar-refractivity contribution in [1.82, 2.24) is 4.72 Å². The molecule has 2 bridgehead atoms. The molecule has 1 amide bonds. The van der Waals surface area contributed by atoms with Gasteiger partial charge in [-0.3, -0.25) is 4.79 Å². The van der Waals surface area contributed by atoms with Gasteiger partial charge in [-0.05, 0) is 93.3 Å². The fourth-order valence-electron chi connectivity index (χ4n) is 7.80. The van der Waals surface area contributed by atoms with Crippen LogP contribution in [-0.2, 0) is 31.3 Å². The molecule has 244 valence electrons. The van der Waals surface area contributed by atoms with Crippen LogP contribution in [0.1, 0.15) is 67.9 Å². The normalized spacial score (nSPS) is 32.8. The number of allylic oxidation sites excluding steroid dienone is 1. The molecule has 8 nitrogen and oxygen atoms in total. The van der Waals surface area contributed by atoms with E-state index in [2.05, 4.69) is 34.8 Å². The van der Waals surface area contributed by atoms with Crippen molar-refractivity contribution in [2.45, 2.75) is 69.6 Å². The van der Waals surface area contributed by atoms with E-state index in [1.54, 1.807) is 26.2 Å². The number of amides is 1. The van der Waals surface area contributed by atoms with Gasteiger partial charge in [0.25, 0.3) is 5.91 Å². The van der Waals surface area contributed by atoms with E-state index in [0.717, 1.165) is 42.0 Å². The highest BCUT2D eigenvalue weighted by atomic mass is 35.5. The average Bonchev–Trinajstić information content (AvgIpc) is 3.41. The number of nitrogens with zero attached hydrogens (tertiary/aromatic N) is 1. The van der Waals surface area contributed by atoms with Crippen molar-refractivity contribution >= 4 is 33.2 Å². The number of sulfonamides is 1. The Hall–Kier alpha value is -2.59. The van der Waals surface area contributed by atoms with E-state index in [1.165, 1.54) is 11.1 Å². The molecular formula is C35H45ClN2O6S. The van der Waals surface area contributed by atoms with Gasteiger partial charge in [-0.15, -0.1) is 0 Å². The van der Waals surface area contributed by atoms with Crippen LogP contribution in [0.2, 0.25) is 5.02 Å². The van der Waals surface area contributed by atoms with E-state index in [4.69, 9.17) is 25.8 Å². The Labute approximate surface area is 272 Å². The third-order valence-electron chi connectivity index (χ3n) is 10.7. The third kappa shape index (κ3) is 6.38. The first kappa shape index (κ1) is 32.4. The van der Waals surface area contributed by atoms with Gasteiger partial charge in [0, 0.05) is 54.6 Å². The summed E-state index contributed by atoms with van der Waals surface area (Å²) < 4.78 is 47.9. The first-order chi connectivity index (χ1) is 21.5. The van der Waals surface area contributed by atoms with Gasteiger partial charge in [-0.2, -0.15) is 0 Å². The SMILES string of the molecule is COC[C@H]1/C(C)=C/C[C@H](C)[C@@H](C)S(=O)(=O)NC(=O)c2ccc3c(c2)N(C[C@@H]2CCO[C@H]21)C[C@@]1(CCCc2cc(Cl)ccc21)CO3. The molecule has 6 atom stereocenters. The number of aryl methyl sites for hydroxylation is 1. The van der Waals surface area contributed by atoms with E-state index >= 15 is 0 Å². The summed E-state index contributed by atoms with van der Waals surface area (Å²) >= 11 is 6.43. The summed E-state index contributed by atoms with van der Waals surface area (Å²) in [4.78, 5) is 15.8. The van der Waals surface area contributed by atoms with Crippen LogP contribution < -0.4 is 14.4 Å². The smallest absolute Gasteiger partial charge is 0.264 e. The van der Waals surface area contributed by atoms with Gasteiger partial charge in [0.05, 0.1) is 30.3 Å². The predicted molar refractivity (Wildman–Crippen MR) is 177 cm³/mol. The maximum absolute atomic E-state index is 13.5. The molecule has 3 heterocycles. The second-order valence-electron chi connectivity index (χ2n) is 13.6. The van der Waals surface area contributed by atoms with Gasteiger partial charge in [0.15, 0.2) is 0 Å². The van der Waals surface area contributed by atoms with Gasteiger partial charge >= 0.3 is 0 Å². The largest absolute Gasteiger partial charge is 0.490 e. The van der Waals surface area contributed by atoms with E-state index in [-0.39, 0.29) is 34.8 Å². The molecule has 10 heteroatoms. The van der Waals surface area contributed by atoms with Crippen molar-refractivity contribution < 1.29 is 27.4 Å². The van der Waals surface area contributed by atoms with Gasteiger partial charge in [0.2, 0.25) is 10.0 Å². The van der Waals surface area contributed by atoms with E-state index in [1.807, 2.05) is 19.1 Å². The van der Waals surface area contributed by atoms with Crippen LogP contribution >= 0.6 is 11.6 Å². The van der Waals surface area contributed by atoms with E-state index in [0.29, 0.717) is 45.1 Å². The second-order valence-corrected chi connectivity index (χ2v) is 16.0. The van der Waals surface area contributed by atoms with Crippen molar-refractivity contribution in [3.63, 3.8) is 0 Å². The third-order valence-corrected chi connectivity index (χ3v) is 12.8. The molecule has 0 radical (unpaired) electrons. The van der Waals surface area contributed by atoms with Crippen molar-refractivity contribution in [1.29, 1.82) is 0 Å². The molecule has 4 aliphatic rings. The first-order valence-electron chi connectivity index (χ1n) is 16.2. The van der Waals surface area contributed by atoms with Crippen LogP contribution in [0.5, 0.6) is 5.75 Å². The molecule has 0 aromatic heterocycles. The Morgan fingerprint density at radius 2 is 2.00 bits per heavy atom. The number of rotatable bonds is 2. The number of fused-ring (bicyclic) bond motifs is 4.